The summed E-state index contributed by atoms with van der Waals surface area (Å²) in [6.45, 7) is 5.73. The van der Waals surface area contributed by atoms with Crippen molar-refractivity contribution < 1.29 is 4.79 Å². The van der Waals surface area contributed by atoms with Crippen molar-refractivity contribution in [2.75, 3.05) is 5.32 Å². The van der Waals surface area contributed by atoms with E-state index in [0.29, 0.717) is 23.5 Å². The molecule has 3 aromatic rings. The van der Waals surface area contributed by atoms with Crippen molar-refractivity contribution in [3.8, 4) is 0 Å². The van der Waals surface area contributed by atoms with Crippen LogP contribution < -0.4 is 10.9 Å². The monoisotopic (exact) mass is 325 g/mol. The minimum absolute atomic E-state index is 0.131. The highest BCUT2D eigenvalue weighted by atomic mass is 16.1. The maximum absolute atomic E-state index is 12.4. The highest BCUT2D eigenvalue weighted by molar-refractivity contribution is 5.91. The molecular formula is C17H19N5O2. The Morgan fingerprint density at radius 2 is 1.92 bits per heavy atom. The number of nitrogens with zero attached hydrogens (tertiary/aromatic N) is 3. The number of H-pyrrole nitrogens is 1. The van der Waals surface area contributed by atoms with E-state index in [0.717, 1.165) is 16.8 Å². The van der Waals surface area contributed by atoms with Crippen LogP contribution in [0.2, 0.25) is 0 Å². The molecule has 0 spiro atoms. The quantitative estimate of drug-likeness (QED) is 0.766. The SMILES string of the molecule is Cc1cc(C)cc(NC(=O)CCc2c(C)nc3nc[nH]n3c2=O)c1. The first kappa shape index (κ1) is 15.9. The molecule has 0 radical (unpaired) electrons. The summed E-state index contributed by atoms with van der Waals surface area (Å²) in [5, 5.41) is 5.60. The minimum Gasteiger partial charge on any atom is -0.326 e. The lowest BCUT2D eigenvalue weighted by Crippen LogP contribution is -2.23. The van der Waals surface area contributed by atoms with Gasteiger partial charge in [-0.3, -0.25) is 14.7 Å². The first-order valence-corrected chi connectivity index (χ1v) is 7.74. The van der Waals surface area contributed by atoms with Gasteiger partial charge in [0.1, 0.15) is 6.33 Å². The summed E-state index contributed by atoms with van der Waals surface area (Å²) >= 11 is 0. The largest absolute Gasteiger partial charge is 0.326 e. The number of fused-ring (bicyclic) bond motifs is 1. The zero-order valence-electron chi connectivity index (χ0n) is 13.9. The van der Waals surface area contributed by atoms with E-state index in [1.165, 1.54) is 10.8 Å². The van der Waals surface area contributed by atoms with E-state index in [4.69, 9.17) is 0 Å². The number of carbonyl (C=O) groups is 1. The Labute approximate surface area is 138 Å². The minimum atomic E-state index is -0.214. The number of nitrogens with one attached hydrogen (secondary N) is 2. The lowest BCUT2D eigenvalue weighted by molar-refractivity contribution is -0.116. The Morgan fingerprint density at radius 1 is 1.21 bits per heavy atom. The fraction of sp³-hybridized carbons (Fsp3) is 0.294. The third-order valence-electron chi connectivity index (χ3n) is 3.84. The van der Waals surface area contributed by atoms with Crippen LogP contribution in [0.4, 0.5) is 5.69 Å². The van der Waals surface area contributed by atoms with Gasteiger partial charge in [0.05, 0.1) is 5.69 Å². The number of aromatic amines is 1. The molecule has 24 heavy (non-hydrogen) atoms. The van der Waals surface area contributed by atoms with E-state index >= 15 is 0 Å². The number of rotatable bonds is 4. The van der Waals surface area contributed by atoms with E-state index < -0.39 is 0 Å². The summed E-state index contributed by atoms with van der Waals surface area (Å²) in [6.07, 6.45) is 1.96. The second kappa shape index (κ2) is 6.27. The van der Waals surface area contributed by atoms with Gasteiger partial charge in [0.2, 0.25) is 5.91 Å². The van der Waals surface area contributed by atoms with Crippen LogP contribution in [0.15, 0.2) is 29.3 Å². The Kier molecular flexibility index (Phi) is 4.16. The van der Waals surface area contributed by atoms with Crippen molar-refractivity contribution in [2.24, 2.45) is 0 Å². The molecule has 0 aliphatic heterocycles. The second-order valence-electron chi connectivity index (χ2n) is 5.93. The summed E-state index contributed by atoms with van der Waals surface area (Å²) in [7, 11) is 0. The predicted molar refractivity (Wildman–Crippen MR) is 91.2 cm³/mol. The predicted octanol–water partition coefficient (Wildman–Crippen LogP) is 1.91. The third-order valence-corrected chi connectivity index (χ3v) is 3.84. The van der Waals surface area contributed by atoms with E-state index in [1.807, 2.05) is 32.0 Å². The van der Waals surface area contributed by atoms with Crippen LogP contribution in [0.1, 0.15) is 28.8 Å². The van der Waals surface area contributed by atoms with E-state index in [2.05, 4.69) is 20.4 Å². The van der Waals surface area contributed by atoms with Gasteiger partial charge in [-0.2, -0.15) is 4.52 Å². The maximum Gasteiger partial charge on any atom is 0.277 e. The van der Waals surface area contributed by atoms with Crippen molar-refractivity contribution in [3.63, 3.8) is 0 Å². The van der Waals surface area contributed by atoms with Gasteiger partial charge >= 0.3 is 0 Å². The molecule has 1 aromatic carbocycles. The molecule has 1 amide bonds. The molecule has 2 aromatic heterocycles. The molecule has 7 nitrogen and oxygen atoms in total. The number of aromatic nitrogens is 4. The van der Waals surface area contributed by atoms with Crippen molar-refractivity contribution in [1.29, 1.82) is 0 Å². The summed E-state index contributed by atoms with van der Waals surface area (Å²) in [6, 6.07) is 5.89. The summed E-state index contributed by atoms with van der Waals surface area (Å²) in [5.41, 5.74) is 3.86. The number of anilines is 1. The standard InChI is InChI=1S/C17H19N5O2/c1-10-6-11(2)8-13(7-10)21-15(23)5-4-14-12(3)20-17-18-9-19-22(17)16(14)24/h6-9H,4-5H2,1-3H3,(H,21,23)(H,18,19,20). The number of carbonyl (C=O) groups excluding carboxylic acids is 1. The van der Waals surface area contributed by atoms with Gasteiger partial charge < -0.3 is 5.32 Å². The molecule has 124 valence electrons. The van der Waals surface area contributed by atoms with E-state index in [1.54, 1.807) is 6.92 Å². The summed E-state index contributed by atoms with van der Waals surface area (Å²) < 4.78 is 1.28. The van der Waals surface area contributed by atoms with Crippen LogP contribution in [0.5, 0.6) is 0 Å². The van der Waals surface area contributed by atoms with Crippen LogP contribution in [-0.4, -0.2) is 25.5 Å². The Bertz CT molecular complexity index is 951. The molecule has 2 N–H and O–H groups in total. The smallest absolute Gasteiger partial charge is 0.277 e. The fourth-order valence-electron chi connectivity index (χ4n) is 2.79. The van der Waals surface area contributed by atoms with E-state index in [9.17, 15) is 9.59 Å². The highest BCUT2D eigenvalue weighted by Gasteiger charge is 2.13. The van der Waals surface area contributed by atoms with Gasteiger partial charge in [0.25, 0.3) is 11.3 Å². The lowest BCUT2D eigenvalue weighted by atomic mass is 10.1. The van der Waals surface area contributed by atoms with Crippen LogP contribution in [-0.2, 0) is 11.2 Å². The Hall–Kier alpha value is -2.96. The topological polar surface area (TPSA) is 92.2 Å². The van der Waals surface area contributed by atoms with Crippen LogP contribution >= 0.6 is 0 Å². The number of amides is 1. The van der Waals surface area contributed by atoms with Crippen molar-refractivity contribution in [3.05, 3.63) is 57.3 Å². The van der Waals surface area contributed by atoms with Gasteiger partial charge in [-0.15, -0.1) is 0 Å². The normalized spacial score (nSPS) is 11.0. The van der Waals surface area contributed by atoms with Crippen LogP contribution in [0.25, 0.3) is 5.78 Å². The molecule has 3 rings (SSSR count). The molecule has 0 saturated carbocycles. The second-order valence-corrected chi connectivity index (χ2v) is 5.93. The highest BCUT2D eigenvalue weighted by Crippen LogP contribution is 2.14. The van der Waals surface area contributed by atoms with Crippen LogP contribution in [0, 0.1) is 20.8 Å². The van der Waals surface area contributed by atoms with Gasteiger partial charge in [0.15, 0.2) is 0 Å². The molecule has 0 aliphatic rings. The van der Waals surface area contributed by atoms with Gasteiger partial charge in [-0.25, -0.2) is 9.97 Å². The molecule has 0 bridgehead atoms. The number of benzene rings is 1. The number of aryl methyl sites for hydroxylation is 3. The van der Waals surface area contributed by atoms with Crippen molar-refractivity contribution >= 4 is 17.4 Å². The molecule has 2 heterocycles. The Morgan fingerprint density at radius 3 is 2.62 bits per heavy atom. The van der Waals surface area contributed by atoms with Gasteiger partial charge in [-0.1, -0.05) is 6.07 Å². The molecule has 0 fully saturated rings. The molecule has 0 aliphatic carbocycles. The van der Waals surface area contributed by atoms with Crippen molar-refractivity contribution in [2.45, 2.75) is 33.6 Å². The van der Waals surface area contributed by atoms with Crippen molar-refractivity contribution in [1.82, 2.24) is 19.6 Å². The number of hydrogen-bond acceptors (Lipinski definition) is 4. The average Bonchev–Trinajstić information content (AvgIpc) is 2.94. The molecular weight excluding hydrogens is 306 g/mol. The third kappa shape index (κ3) is 3.19. The van der Waals surface area contributed by atoms with Gasteiger partial charge in [0, 0.05) is 17.7 Å². The molecule has 0 saturated heterocycles. The zero-order chi connectivity index (χ0) is 17.3. The lowest BCUT2D eigenvalue weighted by Gasteiger charge is -2.08. The first-order valence-electron chi connectivity index (χ1n) is 7.74. The Balaban J connectivity index is 1.73. The average molecular weight is 325 g/mol. The van der Waals surface area contributed by atoms with E-state index in [-0.39, 0.29) is 17.9 Å². The fourth-order valence-corrected chi connectivity index (χ4v) is 2.79. The summed E-state index contributed by atoms with van der Waals surface area (Å²) in [5.74, 6) is 0.203. The molecule has 0 unspecified atom stereocenters. The summed E-state index contributed by atoms with van der Waals surface area (Å²) in [4.78, 5) is 32.8. The molecule has 7 heteroatoms. The number of hydrogen-bond donors (Lipinski definition) is 2. The molecule has 0 atom stereocenters. The van der Waals surface area contributed by atoms with Gasteiger partial charge in [-0.05, 0) is 50.5 Å². The first-order chi connectivity index (χ1) is 11.4. The zero-order valence-corrected chi connectivity index (χ0v) is 13.9. The van der Waals surface area contributed by atoms with Crippen LogP contribution in [0.3, 0.4) is 0 Å². The maximum atomic E-state index is 12.4.